The maximum absolute atomic E-state index is 12.1. The smallest absolute Gasteiger partial charge is 0.269 e. The van der Waals surface area contributed by atoms with Gasteiger partial charge in [0, 0.05) is 29.7 Å². The first-order chi connectivity index (χ1) is 13.7. The molecular weight excluding hydrogens is 362 g/mol. The SMILES string of the molecule is Nc1c(NNC(=O)c2ccncc2)ncnc1Nc1ccc2c(c1)OCCO2. The van der Waals surface area contributed by atoms with Crippen molar-refractivity contribution in [2.45, 2.75) is 0 Å². The number of hydrogen-bond donors (Lipinski definition) is 4. The number of hydrogen-bond acceptors (Lipinski definition) is 9. The summed E-state index contributed by atoms with van der Waals surface area (Å²) in [5, 5.41) is 3.11. The number of amides is 1. The number of carbonyl (C=O) groups is 1. The molecular formula is C18H17N7O3. The number of ether oxygens (including phenoxy) is 2. The van der Waals surface area contributed by atoms with Gasteiger partial charge in [-0.2, -0.15) is 0 Å². The minimum absolute atomic E-state index is 0.243. The van der Waals surface area contributed by atoms with Crippen LogP contribution in [0.5, 0.6) is 11.5 Å². The summed E-state index contributed by atoms with van der Waals surface area (Å²) in [6, 6.07) is 8.62. The second-order valence-corrected chi connectivity index (χ2v) is 5.78. The number of fused-ring (bicyclic) bond motifs is 1. The summed E-state index contributed by atoms with van der Waals surface area (Å²) in [6.45, 7) is 1.02. The number of hydrazine groups is 1. The minimum Gasteiger partial charge on any atom is -0.486 e. The first kappa shape index (κ1) is 17.3. The summed E-state index contributed by atoms with van der Waals surface area (Å²) in [5.41, 5.74) is 12.8. The Balaban J connectivity index is 1.47. The number of pyridine rings is 1. The standard InChI is InChI=1S/C18H17N7O3/c19-15-16(23-12-1-2-13-14(9-12)28-8-7-27-13)21-10-22-17(15)24-25-18(26)11-3-5-20-6-4-11/h1-6,9-10H,7-8,19H2,(H,25,26)(H2,21,22,23,24). The summed E-state index contributed by atoms with van der Waals surface area (Å²) in [6.07, 6.45) is 4.39. The van der Waals surface area contributed by atoms with Crippen LogP contribution in [0.25, 0.3) is 0 Å². The zero-order chi connectivity index (χ0) is 19.3. The molecule has 0 fully saturated rings. The molecule has 10 nitrogen and oxygen atoms in total. The van der Waals surface area contributed by atoms with Crippen molar-refractivity contribution in [3.05, 3.63) is 54.6 Å². The molecule has 1 aromatic carbocycles. The van der Waals surface area contributed by atoms with Gasteiger partial charge in [0.1, 0.15) is 25.2 Å². The molecule has 4 rings (SSSR count). The molecule has 3 aromatic rings. The molecule has 28 heavy (non-hydrogen) atoms. The van der Waals surface area contributed by atoms with Gasteiger partial charge in [-0.1, -0.05) is 0 Å². The van der Waals surface area contributed by atoms with E-state index in [0.29, 0.717) is 36.1 Å². The van der Waals surface area contributed by atoms with Crippen LogP contribution in [0, 0.1) is 0 Å². The maximum Gasteiger partial charge on any atom is 0.269 e. The number of aromatic nitrogens is 3. The summed E-state index contributed by atoms with van der Waals surface area (Å²) < 4.78 is 11.1. The molecule has 142 valence electrons. The molecule has 2 aromatic heterocycles. The van der Waals surface area contributed by atoms with Crippen LogP contribution in [0.15, 0.2) is 49.1 Å². The highest BCUT2D eigenvalue weighted by atomic mass is 16.6. The molecule has 0 radical (unpaired) electrons. The molecule has 5 N–H and O–H groups in total. The molecule has 0 bridgehead atoms. The van der Waals surface area contributed by atoms with Gasteiger partial charge in [-0.15, -0.1) is 0 Å². The Bertz CT molecular complexity index is 998. The average Bonchev–Trinajstić information content (AvgIpc) is 2.74. The Morgan fingerprint density at radius 1 is 1.00 bits per heavy atom. The van der Waals surface area contributed by atoms with Gasteiger partial charge in [0.15, 0.2) is 23.1 Å². The molecule has 1 amide bonds. The summed E-state index contributed by atoms with van der Waals surface area (Å²) >= 11 is 0. The molecule has 10 heteroatoms. The first-order valence-corrected chi connectivity index (χ1v) is 8.44. The molecule has 0 aliphatic carbocycles. The predicted octanol–water partition coefficient (Wildman–Crippen LogP) is 1.73. The second kappa shape index (κ2) is 7.66. The lowest BCUT2D eigenvalue weighted by Gasteiger charge is -2.19. The van der Waals surface area contributed by atoms with Gasteiger partial charge in [-0.25, -0.2) is 9.97 Å². The van der Waals surface area contributed by atoms with Crippen LogP contribution in [0.1, 0.15) is 10.4 Å². The zero-order valence-electron chi connectivity index (χ0n) is 14.7. The molecule has 0 spiro atoms. The summed E-state index contributed by atoms with van der Waals surface area (Å²) in [5.74, 6) is 1.63. The number of carbonyl (C=O) groups excluding carboxylic acids is 1. The third-order valence-electron chi connectivity index (χ3n) is 3.93. The summed E-state index contributed by atoms with van der Waals surface area (Å²) in [7, 11) is 0. The number of nitrogens with one attached hydrogen (secondary N) is 3. The van der Waals surface area contributed by atoms with Crippen LogP contribution in [-0.4, -0.2) is 34.1 Å². The van der Waals surface area contributed by atoms with Gasteiger partial charge in [0.05, 0.1) is 0 Å². The normalized spacial score (nSPS) is 12.1. The number of rotatable bonds is 5. The molecule has 1 aliphatic heterocycles. The van der Waals surface area contributed by atoms with Crippen molar-refractivity contribution in [2.75, 3.05) is 29.7 Å². The van der Waals surface area contributed by atoms with E-state index in [-0.39, 0.29) is 17.4 Å². The van der Waals surface area contributed by atoms with E-state index in [1.807, 2.05) is 12.1 Å². The predicted molar refractivity (Wildman–Crippen MR) is 102 cm³/mol. The van der Waals surface area contributed by atoms with E-state index in [0.717, 1.165) is 5.69 Å². The first-order valence-electron chi connectivity index (χ1n) is 8.44. The van der Waals surface area contributed by atoms with Crippen LogP contribution < -0.4 is 31.4 Å². The fraction of sp³-hybridized carbons (Fsp3) is 0.111. The van der Waals surface area contributed by atoms with E-state index in [1.54, 1.807) is 18.2 Å². The largest absolute Gasteiger partial charge is 0.486 e. The molecule has 0 saturated heterocycles. The van der Waals surface area contributed by atoms with Crippen LogP contribution in [0.2, 0.25) is 0 Å². The van der Waals surface area contributed by atoms with Gasteiger partial charge in [-0.3, -0.25) is 20.6 Å². The van der Waals surface area contributed by atoms with Crippen LogP contribution in [0.4, 0.5) is 23.0 Å². The highest BCUT2D eigenvalue weighted by molar-refractivity contribution is 5.95. The Morgan fingerprint density at radius 3 is 2.57 bits per heavy atom. The Kier molecular flexibility index (Phi) is 4.74. The molecule has 3 heterocycles. The Morgan fingerprint density at radius 2 is 1.75 bits per heavy atom. The van der Waals surface area contributed by atoms with Crippen molar-refractivity contribution in [3.63, 3.8) is 0 Å². The lowest BCUT2D eigenvalue weighted by Crippen LogP contribution is -2.30. The monoisotopic (exact) mass is 379 g/mol. The number of anilines is 4. The fourth-order valence-corrected chi connectivity index (χ4v) is 2.54. The van der Waals surface area contributed by atoms with Gasteiger partial charge >= 0.3 is 0 Å². The third-order valence-corrected chi connectivity index (χ3v) is 3.93. The van der Waals surface area contributed by atoms with Crippen molar-refractivity contribution < 1.29 is 14.3 Å². The van der Waals surface area contributed by atoms with E-state index >= 15 is 0 Å². The maximum atomic E-state index is 12.1. The zero-order valence-corrected chi connectivity index (χ0v) is 14.7. The van der Waals surface area contributed by atoms with E-state index in [1.165, 1.54) is 18.7 Å². The van der Waals surface area contributed by atoms with Crippen molar-refractivity contribution in [2.24, 2.45) is 0 Å². The van der Waals surface area contributed by atoms with Gasteiger partial charge in [0.2, 0.25) is 0 Å². The van der Waals surface area contributed by atoms with E-state index in [2.05, 4.69) is 31.1 Å². The minimum atomic E-state index is -0.346. The van der Waals surface area contributed by atoms with E-state index in [4.69, 9.17) is 15.2 Å². The van der Waals surface area contributed by atoms with Crippen LogP contribution >= 0.6 is 0 Å². The molecule has 1 aliphatic rings. The van der Waals surface area contributed by atoms with Gasteiger partial charge in [0.25, 0.3) is 5.91 Å². The molecule has 0 saturated carbocycles. The van der Waals surface area contributed by atoms with Gasteiger partial charge in [-0.05, 0) is 24.3 Å². The second-order valence-electron chi connectivity index (χ2n) is 5.78. The van der Waals surface area contributed by atoms with Crippen molar-refractivity contribution in [1.29, 1.82) is 0 Å². The quantitative estimate of drug-likeness (QED) is 0.488. The fourth-order valence-electron chi connectivity index (χ4n) is 2.54. The molecule has 0 unspecified atom stereocenters. The Hall–Kier alpha value is -4.08. The number of nitrogens with zero attached hydrogens (tertiary/aromatic N) is 3. The van der Waals surface area contributed by atoms with Crippen LogP contribution in [-0.2, 0) is 0 Å². The lowest BCUT2D eigenvalue weighted by atomic mass is 10.2. The third kappa shape index (κ3) is 3.70. The molecule has 0 atom stereocenters. The van der Waals surface area contributed by atoms with E-state index < -0.39 is 0 Å². The van der Waals surface area contributed by atoms with E-state index in [9.17, 15) is 4.79 Å². The van der Waals surface area contributed by atoms with Crippen molar-refractivity contribution in [1.82, 2.24) is 20.4 Å². The highest BCUT2D eigenvalue weighted by Gasteiger charge is 2.14. The average molecular weight is 379 g/mol. The number of benzene rings is 1. The highest BCUT2D eigenvalue weighted by Crippen LogP contribution is 2.34. The van der Waals surface area contributed by atoms with Gasteiger partial charge < -0.3 is 20.5 Å². The topological polar surface area (TPSA) is 136 Å². The Labute approximate surface area is 160 Å². The van der Waals surface area contributed by atoms with Crippen LogP contribution in [0.3, 0.4) is 0 Å². The van der Waals surface area contributed by atoms with Crippen molar-refractivity contribution >= 4 is 28.9 Å². The van der Waals surface area contributed by atoms with Crippen molar-refractivity contribution in [3.8, 4) is 11.5 Å². The summed E-state index contributed by atoms with van der Waals surface area (Å²) in [4.78, 5) is 24.2. The number of nitrogens with two attached hydrogens (primary N) is 1. The lowest BCUT2D eigenvalue weighted by molar-refractivity contribution is 0.0962. The number of nitrogen functional groups attached to an aromatic ring is 1.